The van der Waals surface area contributed by atoms with Crippen molar-refractivity contribution in [1.29, 1.82) is 0 Å². The molecule has 13 heteroatoms. The van der Waals surface area contributed by atoms with Crippen molar-refractivity contribution in [1.82, 2.24) is 5.32 Å². The van der Waals surface area contributed by atoms with E-state index in [1.54, 1.807) is 31.2 Å². The van der Waals surface area contributed by atoms with Crippen molar-refractivity contribution in [2.75, 3.05) is 0 Å². The van der Waals surface area contributed by atoms with Gasteiger partial charge in [-0.25, -0.2) is 0 Å². The van der Waals surface area contributed by atoms with Gasteiger partial charge in [0, 0.05) is 66.2 Å². The van der Waals surface area contributed by atoms with Gasteiger partial charge in [0.05, 0.1) is 34.4 Å². The van der Waals surface area contributed by atoms with E-state index >= 15 is 0 Å². The number of Topliss-reactive ketones (excluding diaryl/α,β-unsaturated/α-hetero) is 1. The van der Waals surface area contributed by atoms with Crippen molar-refractivity contribution >= 4 is 23.0 Å². The Balaban J connectivity index is 1.33. The fourth-order valence-corrected chi connectivity index (χ4v) is 6.58. The average Bonchev–Trinajstić information content (AvgIpc) is 3.02. The number of aromatic hydroxyl groups is 2. The summed E-state index contributed by atoms with van der Waals surface area (Å²) < 4.78 is 12.2. The molecule has 0 spiro atoms. The Labute approximate surface area is 262 Å². The first-order valence-electron chi connectivity index (χ1n) is 14.8. The first-order valence-corrected chi connectivity index (χ1v) is 14.8. The highest BCUT2D eigenvalue weighted by Gasteiger charge is 2.49. The van der Waals surface area contributed by atoms with Crippen molar-refractivity contribution in [2.24, 2.45) is 0 Å². The number of ketones is 3. The lowest BCUT2D eigenvalue weighted by Gasteiger charge is -2.43. The molecule has 5 N–H and O–H groups in total. The molecule has 6 rings (SSSR count). The molecule has 240 valence electrons. The number of carbonyl (C=O) groups is 3. The molecule has 3 aromatic carbocycles. The van der Waals surface area contributed by atoms with Crippen molar-refractivity contribution in [3.05, 3.63) is 97.6 Å². The number of phenolic OH excluding ortho intramolecular Hbond substituents is 2. The molecule has 1 saturated heterocycles. The standard InChI is InChI=1S/C33H32N2O11/c1-15-28(37)22(34-14-17-7-9-18(10-8-17)35(43)44)11-24(45-15)46-23-13-33(42,16(2)36)12-21-25(23)32(41)27-26(31(21)40)29(38)19-5-3-4-6-20(19)30(27)39/h3-10,15,22-24,28,34,37,40-42H,11-14H2,1-2H3/t15-,22-,23-,24-,28+,33-/m0/s1. The molecule has 13 nitrogen and oxygen atoms in total. The van der Waals surface area contributed by atoms with E-state index in [4.69, 9.17) is 9.47 Å². The second kappa shape index (κ2) is 11.7. The van der Waals surface area contributed by atoms with Crippen LogP contribution in [0.3, 0.4) is 0 Å². The summed E-state index contributed by atoms with van der Waals surface area (Å²) in [6, 6.07) is 11.4. The van der Waals surface area contributed by atoms with Crippen LogP contribution in [-0.4, -0.2) is 72.8 Å². The Morgan fingerprint density at radius 1 is 1.07 bits per heavy atom. The predicted octanol–water partition coefficient (Wildman–Crippen LogP) is 2.76. The van der Waals surface area contributed by atoms with Crippen LogP contribution in [0.25, 0.3) is 0 Å². The molecule has 0 amide bonds. The summed E-state index contributed by atoms with van der Waals surface area (Å²) in [5.41, 5.74) is -2.19. The highest BCUT2D eigenvalue weighted by Crippen LogP contribution is 2.52. The van der Waals surface area contributed by atoms with Gasteiger partial charge in [-0.15, -0.1) is 0 Å². The van der Waals surface area contributed by atoms with Gasteiger partial charge in [0.1, 0.15) is 17.1 Å². The smallest absolute Gasteiger partial charge is 0.269 e. The average molecular weight is 633 g/mol. The summed E-state index contributed by atoms with van der Waals surface area (Å²) in [4.78, 5) is 50.2. The quantitative estimate of drug-likeness (QED) is 0.113. The first-order chi connectivity index (χ1) is 21.8. The van der Waals surface area contributed by atoms with Crippen LogP contribution in [0, 0.1) is 10.1 Å². The predicted molar refractivity (Wildman–Crippen MR) is 160 cm³/mol. The molecule has 2 aliphatic carbocycles. The molecular weight excluding hydrogens is 600 g/mol. The summed E-state index contributed by atoms with van der Waals surface area (Å²) >= 11 is 0. The number of aliphatic hydroxyl groups is 2. The molecule has 3 aliphatic rings. The zero-order valence-electron chi connectivity index (χ0n) is 24.9. The molecule has 1 heterocycles. The molecule has 0 bridgehead atoms. The van der Waals surface area contributed by atoms with Crippen LogP contribution in [0.1, 0.15) is 81.3 Å². The lowest BCUT2D eigenvalue weighted by molar-refractivity contribution is -0.384. The summed E-state index contributed by atoms with van der Waals surface area (Å²) in [5, 5.41) is 59.4. The highest BCUT2D eigenvalue weighted by atomic mass is 16.7. The third-order valence-electron chi connectivity index (χ3n) is 9.17. The minimum absolute atomic E-state index is 0.0412. The number of phenols is 2. The summed E-state index contributed by atoms with van der Waals surface area (Å²) in [6.07, 6.45) is -4.74. The van der Waals surface area contributed by atoms with Crippen LogP contribution in [-0.2, 0) is 27.2 Å². The van der Waals surface area contributed by atoms with E-state index in [9.17, 15) is 44.9 Å². The number of non-ortho nitro benzene ring substituents is 1. The first kappa shape index (κ1) is 31.5. The lowest BCUT2D eigenvalue weighted by atomic mass is 9.72. The Morgan fingerprint density at radius 2 is 1.67 bits per heavy atom. The zero-order chi connectivity index (χ0) is 33.1. The van der Waals surface area contributed by atoms with Gasteiger partial charge in [-0.1, -0.05) is 36.4 Å². The van der Waals surface area contributed by atoms with Gasteiger partial charge in [0.25, 0.3) is 5.69 Å². The van der Waals surface area contributed by atoms with E-state index in [-0.39, 0.29) is 47.3 Å². The molecular formula is C33H32N2O11. The molecule has 0 saturated carbocycles. The highest BCUT2D eigenvalue weighted by molar-refractivity contribution is 6.30. The third kappa shape index (κ3) is 5.25. The minimum Gasteiger partial charge on any atom is -0.507 e. The van der Waals surface area contributed by atoms with E-state index < -0.39 is 87.6 Å². The number of ether oxygens (including phenoxy) is 2. The third-order valence-corrected chi connectivity index (χ3v) is 9.17. The van der Waals surface area contributed by atoms with Gasteiger partial charge in [0.15, 0.2) is 23.6 Å². The fourth-order valence-electron chi connectivity index (χ4n) is 6.58. The molecule has 3 aromatic rings. The van der Waals surface area contributed by atoms with Crippen molar-refractivity contribution in [3.8, 4) is 11.5 Å². The van der Waals surface area contributed by atoms with Crippen molar-refractivity contribution in [2.45, 2.75) is 75.9 Å². The number of hydrogen-bond acceptors (Lipinski definition) is 12. The Bertz CT molecular complexity index is 1770. The minimum atomic E-state index is -2.04. The molecule has 1 fully saturated rings. The molecule has 0 radical (unpaired) electrons. The van der Waals surface area contributed by atoms with Gasteiger partial charge in [-0.2, -0.15) is 0 Å². The molecule has 0 aromatic heterocycles. The van der Waals surface area contributed by atoms with E-state index in [2.05, 4.69) is 5.32 Å². The molecule has 1 aliphatic heterocycles. The van der Waals surface area contributed by atoms with Crippen LogP contribution >= 0.6 is 0 Å². The van der Waals surface area contributed by atoms with Crippen molar-refractivity contribution < 1.29 is 49.2 Å². The Hall–Kier alpha value is -4.53. The van der Waals surface area contributed by atoms with E-state index in [1.165, 1.54) is 31.2 Å². The number of aliphatic hydroxyl groups excluding tert-OH is 1. The van der Waals surface area contributed by atoms with Gasteiger partial charge in [0.2, 0.25) is 0 Å². The van der Waals surface area contributed by atoms with E-state index in [0.29, 0.717) is 0 Å². The normalized spacial score (nSPS) is 27.0. The van der Waals surface area contributed by atoms with Crippen LogP contribution in [0.15, 0.2) is 48.5 Å². The number of fused-ring (bicyclic) bond motifs is 3. The van der Waals surface area contributed by atoms with Gasteiger partial charge in [-0.05, 0) is 19.4 Å². The number of nitrogens with zero attached hydrogens (tertiary/aromatic N) is 1. The molecule has 46 heavy (non-hydrogen) atoms. The Morgan fingerprint density at radius 3 is 2.26 bits per heavy atom. The SMILES string of the molecule is CC(=O)[C@]1(O)Cc2c(O)c3c(c(O)c2[C@@H](O[C@H]2C[C@H](NCc4ccc([N+](=O)[O-])cc4)[C@H](O)[C@H](C)O2)C1)C(=O)c1ccccc1C3=O. The van der Waals surface area contributed by atoms with Gasteiger partial charge in [-0.3, -0.25) is 24.5 Å². The maximum atomic E-state index is 13.5. The maximum absolute atomic E-state index is 13.5. The van der Waals surface area contributed by atoms with Crippen LogP contribution < -0.4 is 5.32 Å². The van der Waals surface area contributed by atoms with Crippen molar-refractivity contribution in [3.63, 3.8) is 0 Å². The largest absolute Gasteiger partial charge is 0.507 e. The van der Waals surface area contributed by atoms with Gasteiger partial charge < -0.3 is 35.2 Å². The van der Waals surface area contributed by atoms with E-state index in [1.807, 2.05) is 0 Å². The van der Waals surface area contributed by atoms with Crippen LogP contribution in [0.4, 0.5) is 5.69 Å². The summed E-state index contributed by atoms with van der Waals surface area (Å²) in [5.74, 6) is -3.21. The number of hydrogen-bond donors (Lipinski definition) is 5. The number of rotatable bonds is 7. The Kier molecular flexibility index (Phi) is 7.99. The number of nitrogens with one attached hydrogen (secondary N) is 1. The second-order valence-corrected chi connectivity index (χ2v) is 12.0. The maximum Gasteiger partial charge on any atom is 0.269 e. The number of nitro benzene ring substituents is 1. The second-order valence-electron chi connectivity index (χ2n) is 12.0. The van der Waals surface area contributed by atoms with E-state index in [0.717, 1.165) is 5.56 Å². The lowest BCUT2D eigenvalue weighted by Crippen LogP contribution is -2.54. The zero-order valence-corrected chi connectivity index (χ0v) is 24.9. The van der Waals surface area contributed by atoms with Crippen LogP contribution in [0.2, 0.25) is 0 Å². The molecule has 6 atom stereocenters. The topological polar surface area (TPSA) is 206 Å². The number of benzene rings is 3. The van der Waals surface area contributed by atoms with Crippen LogP contribution in [0.5, 0.6) is 11.5 Å². The number of carbonyl (C=O) groups excluding carboxylic acids is 3. The molecule has 0 unspecified atom stereocenters. The fraction of sp³-hybridized carbons (Fsp3) is 0.364. The van der Waals surface area contributed by atoms with Gasteiger partial charge >= 0.3 is 0 Å². The summed E-state index contributed by atoms with van der Waals surface area (Å²) in [6.45, 7) is 3.06. The summed E-state index contributed by atoms with van der Waals surface area (Å²) in [7, 11) is 0. The monoisotopic (exact) mass is 632 g/mol. The number of nitro groups is 1.